The number of nitrogens with zero attached hydrogens (tertiary/aromatic N) is 2. The van der Waals surface area contributed by atoms with E-state index in [2.05, 4.69) is 4.98 Å². The van der Waals surface area contributed by atoms with Gasteiger partial charge in [-0.1, -0.05) is 6.07 Å². The topological polar surface area (TPSA) is 62.3 Å². The minimum atomic E-state index is -0.239. The summed E-state index contributed by atoms with van der Waals surface area (Å²) in [6.45, 7) is 0. The maximum atomic E-state index is 6.22. The molecule has 1 aromatic heterocycles. The van der Waals surface area contributed by atoms with Crippen molar-refractivity contribution in [3.05, 3.63) is 42.0 Å². The van der Waals surface area contributed by atoms with E-state index in [4.69, 9.17) is 15.2 Å². The predicted molar refractivity (Wildman–Crippen MR) is 68.8 cm³/mol. The zero-order valence-corrected chi connectivity index (χ0v) is 10.8. The first-order chi connectivity index (χ1) is 8.67. The third-order valence-corrected chi connectivity index (χ3v) is 2.94. The number of nitrogens with two attached hydrogens (primary N) is 1. The molecule has 2 aromatic rings. The molecule has 0 fully saturated rings. The van der Waals surface area contributed by atoms with Crippen molar-refractivity contribution in [2.75, 3.05) is 14.2 Å². The molecule has 96 valence electrons. The van der Waals surface area contributed by atoms with E-state index in [1.807, 2.05) is 29.8 Å². The number of methoxy groups -OCH3 is 2. The summed E-state index contributed by atoms with van der Waals surface area (Å²) in [5, 5.41) is 0. The Hall–Kier alpha value is -2.01. The van der Waals surface area contributed by atoms with Crippen LogP contribution in [0.5, 0.6) is 11.5 Å². The lowest BCUT2D eigenvalue weighted by molar-refractivity contribution is 0.354. The fraction of sp³-hybridized carbons (Fsp3) is 0.308. The average molecular weight is 247 g/mol. The van der Waals surface area contributed by atoms with Gasteiger partial charge in [-0.15, -0.1) is 0 Å². The van der Waals surface area contributed by atoms with Crippen molar-refractivity contribution in [1.29, 1.82) is 0 Å². The van der Waals surface area contributed by atoms with Gasteiger partial charge in [0.05, 0.1) is 38.5 Å². The number of hydrogen-bond donors (Lipinski definition) is 1. The van der Waals surface area contributed by atoms with Crippen LogP contribution >= 0.6 is 0 Å². The van der Waals surface area contributed by atoms with Gasteiger partial charge < -0.3 is 19.8 Å². The maximum Gasteiger partial charge on any atom is 0.161 e. The first kappa shape index (κ1) is 12.4. The van der Waals surface area contributed by atoms with Crippen molar-refractivity contribution in [2.45, 2.75) is 6.04 Å². The monoisotopic (exact) mass is 247 g/mol. The van der Waals surface area contributed by atoms with E-state index >= 15 is 0 Å². The Morgan fingerprint density at radius 3 is 2.50 bits per heavy atom. The largest absolute Gasteiger partial charge is 0.493 e. The van der Waals surface area contributed by atoms with Gasteiger partial charge in [0, 0.05) is 7.05 Å². The zero-order chi connectivity index (χ0) is 13.1. The number of benzene rings is 1. The Morgan fingerprint density at radius 2 is 1.94 bits per heavy atom. The first-order valence-electron chi connectivity index (χ1n) is 5.61. The van der Waals surface area contributed by atoms with E-state index in [0.717, 1.165) is 11.3 Å². The first-order valence-corrected chi connectivity index (χ1v) is 5.61. The number of ether oxygens (including phenoxy) is 2. The van der Waals surface area contributed by atoms with E-state index in [1.54, 1.807) is 26.7 Å². The molecule has 2 N–H and O–H groups in total. The van der Waals surface area contributed by atoms with Crippen LogP contribution in [-0.4, -0.2) is 23.8 Å². The van der Waals surface area contributed by atoms with Gasteiger partial charge in [0.2, 0.25) is 0 Å². The smallest absolute Gasteiger partial charge is 0.161 e. The van der Waals surface area contributed by atoms with Crippen LogP contribution in [0.1, 0.15) is 17.3 Å². The number of rotatable bonds is 4. The van der Waals surface area contributed by atoms with Crippen LogP contribution in [0.25, 0.3) is 0 Å². The van der Waals surface area contributed by atoms with E-state index < -0.39 is 0 Å². The molecule has 0 aliphatic rings. The lowest BCUT2D eigenvalue weighted by Gasteiger charge is -2.15. The average Bonchev–Trinajstić information content (AvgIpc) is 2.83. The van der Waals surface area contributed by atoms with Crippen LogP contribution in [-0.2, 0) is 7.05 Å². The second-order valence-corrected chi connectivity index (χ2v) is 4.02. The molecule has 1 atom stereocenters. The molecule has 0 saturated carbocycles. The molecule has 5 heteroatoms. The Balaban J connectivity index is 2.37. The molecule has 2 rings (SSSR count). The molecular weight excluding hydrogens is 230 g/mol. The van der Waals surface area contributed by atoms with E-state index in [-0.39, 0.29) is 6.04 Å². The standard InChI is InChI=1S/C13H17N3O2/c1-16-8-15-7-10(16)13(14)9-4-5-11(17-2)12(6-9)18-3/h4-8,13H,14H2,1-3H3. The summed E-state index contributed by atoms with van der Waals surface area (Å²) in [7, 11) is 5.14. The quantitative estimate of drug-likeness (QED) is 0.889. The normalized spacial score (nSPS) is 12.2. The van der Waals surface area contributed by atoms with E-state index in [0.29, 0.717) is 11.5 Å². The number of hydrogen-bond acceptors (Lipinski definition) is 4. The second-order valence-electron chi connectivity index (χ2n) is 4.02. The molecule has 0 radical (unpaired) electrons. The summed E-state index contributed by atoms with van der Waals surface area (Å²) in [5.41, 5.74) is 8.12. The molecular formula is C13H17N3O2. The summed E-state index contributed by atoms with van der Waals surface area (Å²) < 4.78 is 12.4. The molecule has 0 spiro atoms. The minimum Gasteiger partial charge on any atom is -0.493 e. The van der Waals surface area contributed by atoms with Crippen molar-refractivity contribution in [2.24, 2.45) is 12.8 Å². The number of aromatic nitrogens is 2. The fourth-order valence-electron chi connectivity index (χ4n) is 1.88. The molecule has 0 amide bonds. The summed E-state index contributed by atoms with van der Waals surface area (Å²) in [6.07, 6.45) is 3.50. The third kappa shape index (κ3) is 2.17. The molecule has 5 nitrogen and oxygen atoms in total. The van der Waals surface area contributed by atoms with Gasteiger partial charge in [-0.2, -0.15) is 0 Å². The molecule has 0 aliphatic heterocycles. The lowest BCUT2D eigenvalue weighted by atomic mass is 10.0. The summed E-state index contributed by atoms with van der Waals surface area (Å²) in [6, 6.07) is 5.43. The predicted octanol–water partition coefficient (Wildman–Crippen LogP) is 1.49. The third-order valence-electron chi connectivity index (χ3n) is 2.94. The second kappa shape index (κ2) is 5.10. The zero-order valence-electron chi connectivity index (χ0n) is 10.8. The van der Waals surface area contributed by atoms with E-state index in [1.165, 1.54) is 0 Å². The van der Waals surface area contributed by atoms with Crippen molar-refractivity contribution >= 4 is 0 Å². The molecule has 0 aliphatic carbocycles. The maximum absolute atomic E-state index is 6.22. The van der Waals surface area contributed by atoms with Crippen LogP contribution in [0, 0.1) is 0 Å². The fourth-order valence-corrected chi connectivity index (χ4v) is 1.88. The molecule has 0 saturated heterocycles. The van der Waals surface area contributed by atoms with Crippen LogP contribution in [0.3, 0.4) is 0 Å². The molecule has 0 bridgehead atoms. The Kier molecular flexibility index (Phi) is 3.53. The van der Waals surface area contributed by atoms with Gasteiger partial charge in [0.25, 0.3) is 0 Å². The minimum absolute atomic E-state index is 0.239. The summed E-state index contributed by atoms with van der Waals surface area (Å²) >= 11 is 0. The lowest BCUT2D eigenvalue weighted by Crippen LogP contribution is -2.15. The van der Waals surface area contributed by atoms with Crippen LogP contribution in [0.2, 0.25) is 0 Å². The van der Waals surface area contributed by atoms with Crippen molar-refractivity contribution in [3.63, 3.8) is 0 Å². The molecule has 18 heavy (non-hydrogen) atoms. The Morgan fingerprint density at radius 1 is 1.22 bits per heavy atom. The highest BCUT2D eigenvalue weighted by Crippen LogP contribution is 2.31. The van der Waals surface area contributed by atoms with Gasteiger partial charge in [0.1, 0.15) is 0 Å². The van der Waals surface area contributed by atoms with Crippen LogP contribution in [0.4, 0.5) is 0 Å². The van der Waals surface area contributed by atoms with Crippen LogP contribution in [0.15, 0.2) is 30.7 Å². The van der Waals surface area contributed by atoms with Crippen LogP contribution < -0.4 is 15.2 Å². The summed E-state index contributed by atoms with van der Waals surface area (Å²) in [5.74, 6) is 1.37. The number of imidazole rings is 1. The Bertz CT molecular complexity index is 537. The van der Waals surface area contributed by atoms with Crippen molar-refractivity contribution < 1.29 is 9.47 Å². The highest BCUT2D eigenvalue weighted by Gasteiger charge is 2.14. The highest BCUT2D eigenvalue weighted by molar-refractivity contribution is 5.45. The highest BCUT2D eigenvalue weighted by atomic mass is 16.5. The van der Waals surface area contributed by atoms with Gasteiger partial charge in [-0.25, -0.2) is 4.98 Å². The van der Waals surface area contributed by atoms with Gasteiger partial charge in [0.15, 0.2) is 11.5 Å². The van der Waals surface area contributed by atoms with Crippen molar-refractivity contribution in [3.8, 4) is 11.5 Å². The van der Waals surface area contributed by atoms with Crippen molar-refractivity contribution in [1.82, 2.24) is 9.55 Å². The SMILES string of the molecule is COc1ccc(C(N)c2cncn2C)cc1OC. The summed E-state index contributed by atoms with van der Waals surface area (Å²) in [4.78, 5) is 4.07. The molecule has 1 heterocycles. The van der Waals surface area contributed by atoms with Gasteiger partial charge in [-0.3, -0.25) is 0 Å². The number of aryl methyl sites for hydroxylation is 1. The van der Waals surface area contributed by atoms with Gasteiger partial charge >= 0.3 is 0 Å². The van der Waals surface area contributed by atoms with Gasteiger partial charge in [-0.05, 0) is 17.7 Å². The molecule has 1 unspecified atom stereocenters. The van der Waals surface area contributed by atoms with E-state index in [9.17, 15) is 0 Å². The Labute approximate surface area is 106 Å². The molecule has 1 aromatic carbocycles.